The second-order valence-corrected chi connectivity index (χ2v) is 7.50. The van der Waals surface area contributed by atoms with Gasteiger partial charge in [0.25, 0.3) is 0 Å². The third kappa shape index (κ3) is 3.92. The van der Waals surface area contributed by atoms with Crippen molar-refractivity contribution in [2.75, 3.05) is 5.32 Å². The fourth-order valence-corrected chi connectivity index (χ4v) is 3.68. The molecule has 3 aromatic rings. The van der Waals surface area contributed by atoms with Gasteiger partial charge in [0, 0.05) is 5.56 Å². The monoisotopic (exact) mass is 435 g/mol. The van der Waals surface area contributed by atoms with Crippen LogP contribution >= 0.6 is 0 Å². The molecule has 2 amide bonds. The topological polar surface area (TPSA) is 107 Å². The minimum atomic E-state index is -1.43. The second-order valence-electron chi connectivity index (χ2n) is 7.50. The number of oxazole rings is 1. The van der Waals surface area contributed by atoms with E-state index >= 15 is 0 Å². The van der Waals surface area contributed by atoms with E-state index in [1.54, 1.807) is 26.0 Å². The van der Waals surface area contributed by atoms with Crippen LogP contribution in [0.1, 0.15) is 19.4 Å². The Kier molecular flexibility index (Phi) is 6.40. The van der Waals surface area contributed by atoms with Crippen LogP contribution in [0.25, 0.3) is 22.6 Å². The van der Waals surface area contributed by atoms with Crippen LogP contribution in [0.2, 0.25) is 0 Å². The van der Waals surface area contributed by atoms with Gasteiger partial charge in [0.1, 0.15) is 11.3 Å². The van der Waals surface area contributed by atoms with Gasteiger partial charge in [-0.15, -0.1) is 0 Å². The largest absolute Gasteiger partial charge is 1.00 e. The first-order valence-electron chi connectivity index (χ1n) is 9.20. The van der Waals surface area contributed by atoms with Crippen molar-refractivity contribution in [2.45, 2.75) is 26.3 Å². The van der Waals surface area contributed by atoms with Crippen LogP contribution in [-0.4, -0.2) is 22.5 Å². The number of nitrogens with one attached hydrogen (secondary N) is 2. The van der Waals surface area contributed by atoms with E-state index in [-0.39, 0.29) is 74.8 Å². The van der Waals surface area contributed by atoms with Crippen LogP contribution in [0, 0.1) is 24.6 Å². The number of halogens is 1. The fraction of sp³-hybridized carbons (Fsp3) is 0.286. The Morgan fingerprint density at radius 1 is 1.17 bits per heavy atom. The Balaban J connectivity index is 0.00000256. The zero-order valence-corrected chi connectivity index (χ0v) is 20.2. The average Bonchev–Trinajstić information content (AvgIpc) is 3.02. The van der Waals surface area contributed by atoms with Crippen molar-refractivity contribution in [3.63, 3.8) is 0 Å². The molecule has 9 heteroatoms. The first-order chi connectivity index (χ1) is 13.7. The van der Waals surface area contributed by atoms with E-state index < -0.39 is 23.4 Å². The van der Waals surface area contributed by atoms with Crippen molar-refractivity contribution >= 4 is 28.8 Å². The Hall–Kier alpha value is -1.78. The predicted molar refractivity (Wildman–Crippen MR) is 102 cm³/mol. The molecule has 1 heterocycles. The maximum atomic E-state index is 14.5. The summed E-state index contributed by atoms with van der Waals surface area (Å²) in [5.74, 6) is -2.33. The molecule has 1 aromatic heterocycles. The molecule has 0 radical (unpaired) electrons. The number of carboxylic acids is 1. The molecule has 150 valence electrons. The summed E-state index contributed by atoms with van der Waals surface area (Å²) in [5.41, 5.74) is 1.18. The van der Waals surface area contributed by atoms with E-state index in [1.807, 2.05) is 19.1 Å². The van der Waals surface area contributed by atoms with Crippen molar-refractivity contribution in [1.82, 2.24) is 10.3 Å². The predicted octanol–water partition coefficient (Wildman–Crippen LogP) is -0.158. The number of carbonyl (C=O) groups is 2. The molecule has 0 saturated heterocycles. The number of carbonyl (C=O) groups excluding carboxylic acids is 2. The third-order valence-corrected chi connectivity index (χ3v) is 5.74. The Labute approximate surface area is 214 Å². The van der Waals surface area contributed by atoms with Gasteiger partial charge >= 0.3 is 57.4 Å². The summed E-state index contributed by atoms with van der Waals surface area (Å²) in [6.45, 7) is 5.35. The van der Waals surface area contributed by atoms with Crippen LogP contribution in [0.5, 0.6) is 0 Å². The van der Waals surface area contributed by atoms with Crippen LogP contribution in [0.3, 0.4) is 0 Å². The first kappa shape index (κ1) is 22.9. The average molecular weight is 435 g/mol. The van der Waals surface area contributed by atoms with Gasteiger partial charge in [0.15, 0.2) is 5.58 Å². The van der Waals surface area contributed by atoms with Gasteiger partial charge < -0.3 is 25.0 Å². The number of anilines is 1. The van der Waals surface area contributed by atoms with Crippen molar-refractivity contribution in [3.05, 3.63) is 47.8 Å². The van der Waals surface area contributed by atoms with Crippen LogP contribution < -0.4 is 67.1 Å². The fourth-order valence-electron chi connectivity index (χ4n) is 3.68. The summed E-state index contributed by atoms with van der Waals surface area (Å²) in [5, 5.41) is 16.2. The van der Waals surface area contributed by atoms with Gasteiger partial charge in [-0.2, -0.15) is 0 Å². The summed E-state index contributed by atoms with van der Waals surface area (Å²) in [7, 11) is 0. The number of nitrogens with zero attached hydrogens (tertiary/aromatic N) is 1. The van der Waals surface area contributed by atoms with E-state index in [9.17, 15) is 19.1 Å². The SMILES string of the molecule is Cc1ccc2oc(-c3ccc(NC(=O)NC4(C(=O)[O-])C(C)[C@H]4C)c(F)c3)nc2c1.[K+]. The molecule has 1 aliphatic rings. The van der Waals surface area contributed by atoms with Gasteiger partial charge in [-0.3, -0.25) is 0 Å². The van der Waals surface area contributed by atoms with E-state index in [2.05, 4.69) is 15.6 Å². The number of carboxylic acid groups (broad SMARTS) is 1. The van der Waals surface area contributed by atoms with Crippen molar-refractivity contribution in [3.8, 4) is 11.5 Å². The summed E-state index contributed by atoms with van der Waals surface area (Å²) < 4.78 is 20.2. The molecule has 30 heavy (non-hydrogen) atoms. The number of fused-ring (bicyclic) bond motifs is 1. The van der Waals surface area contributed by atoms with E-state index in [0.29, 0.717) is 16.7 Å². The van der Waals surface area contributed by atoms with Crippen molar-refractivity contribution in [2.24, 2.45) is 11.8 Å². The molecule has 0 aliphatic heterocycles. The quantitative estimate of drug-likeness (QED) is 0.554. The number of urea groups is 1. The molecule has 1 saturated carbocycles. The van der Waals surface area contributed by atoms with Gasteiger partial charge in [-0.25, -0.2) is 14.2 Å². The smallest absolute Gasteiger partial charge is 0.548 e. The minimum Gasteiger partial charge on any atom is -0.548 e. The molecule has 0 bridgehead atoms. The summed E-state index contributed by atoms with van der Waals surface area (Å²) >= 11 is 0. The molecule has 2 aromatic carbocycles. The number of aromatic nitrogens is 1. The number of hydrogen-bond donors (Lipinski definition) is 2. The zero-order chi connectivity index (χ0) is 20.9. The Morgan fingerprint density at radius 2 is 1.87 bits per heavy atom. The number of benzene rings is 2. The van der Waals surface area contributed by atoms with E-state index in [1.165, 1.54) is 12.1 Å². The molecule has 7 nitrogen and oxygen atoms in total. The van der Waals surface area contributed by atoms with Gasteiger partial charge in [-0.1, -0.05) is 19.9 Å². The van der Waals surface area contributed by atoms with E-state index in [0.717, 1.165) is 5.56 Å². The molecule has 3 atom stereocenters. The zero-order valence-electron chi connectivity index (χ0n) is 17.1. The molecule has 2 unspecified atom stereocenters. The molecular weight excluding hydrogens is 416 g/mol. The Bertz CT molecular complexity index is 1140. The number of hydrogen-bond acceptors (Lipinski definition) is 5. The number of amides is 2. The number of aliphatic carboxylic acids is 1. The maximum absolute atomic E-state index is 14.5. The van der Waals surface area contributed by atoms with Gasteiger partial charge in [0.2, 0.25) is 5.89 Å². The normalized spacial score (nSPS) is 22.3. The van der Waals surface area contributed by atoms with E-state index in [4.69, 9.17) is 4.42 Å². The Morgan fingerprint density at radius 3 is 2.47 bits per heavy atom. The van der Waals surface area contributed by atoms with Crippen molar-refractivity contribution in [1.29, 1.82) is 0 Å². The third-order valence-electron chi connectivity index (χ3n) is 5.74. The molecule has 0 spiro atoms. The summed E-state index contributed by atoms with van der Waals surface area (Å²) in [6.07, 6.45) is 0. The minimum absolute atomic E-state index is 0. The van der Waals surface area contributed by atoms with Gasteiger partial charge in [0.05, 0.1) is 17.2 Å². The van der Waals surface area contributed by atoms with Crippen LogP contribution in [0.15, 0.2) is 40.8 Å². The molecular formula is C21H19FKN3O4. The molecule has 1 aliphatic carbocycles. The summed E-state index contributed by atoms with van der Waals surface area (Å²) in [4.78, 5) is 28.0. The number of aryl methyl sites for hydroxylation is 1. The van der Waals surface area contributed by atoms with Crippen molar-refractivity contribution < 1.29 is 74.9 Å². The molecule has 2 N–H and O–H groups in total. The van der Waals surface area contributed by atoms with Crippen LogP contribution in [0.4, 0.5) is 14.9 Å². The first-order valence-corrected chi connectivity index (χ1v) is 9.20. The van der Waals surface area contributed by atoms with Gasteiger partial charge in [-0.05, 0) is 54.7 Å². The standard InChI is InChI=1S/C21H20FN3O4.K/c1-10-4-7-17-16(8-10)23-18(29-17)13-5-6-15(14(22)9-13)24-20(28)25-21(19(26)27)11(2)12(21)3;/h4-9,11-12H,1-3H3,(H,26,27)(H2,24,25,28);/q;+1/p-1/t11-,12?,21?;/m1./s1. The van der Waals surface area contributed by atoms with Crippen LogP contribution in [-0.2, 0) is 4.79 Å². The second kappa shape index (κ2) is 8.39. The maximum Gasteiger partial charge on any atom is 1.00 e. The molecule has 4 rings (SSSR count). The number of rotatable bonds is 4. The molecule has 1 fully saturated rings. The summed E-state index contributed by atoms with van der Waals surface area (Å²) in [6, 6.07) is 8.88.